The molecule has 0 bridgehead atoms. The summed E-state index contributed by atoms with van der Waals surface area (Å²) in [5.41, 5.74) is 1.85. The van der Waals surface area contributed by atoms with Crippen molar-refractivity contribution in [2.24, 2.45) is 0 Å². The summed E-state index contributed by atoms with van der Waals surface area (Å²) in [4.78, 5) is 2.03. The van der Waals surface area contributed by atoms with E-state index in [1.165, 1.54) is 0 Å². The van der Waals surface area contributed by atoms with Gasteiger partial charge in [0.2, 0.25) is 0 Å². The molecule has 1 aromatic rings. The zero-order valence-corrected chi connectivity index (χ0v) is 9.31. The third kappa shape index (κ3) is 1.75. The Kier molecular flexibility index (Phi) is 2.71. The minimum Gasteiger partial charge on any atom is -0.387 e. The number of fused-ring (bicyclic) bond motifs is 1. The van der Waals surface area contributed by atoms with Gasteiger partial charge < -0.3 is 5.11 Å². The van der Waals surface area contributed by atoms with Crippen molar-refractivity contribution in [1.82, 2.24) is 4.90 Å². The Hall–Kier alpha value is -0.280. The molecule has 76 valence electrons. The van der Waals surface area contributed by atoms with Crippen LogP contribution in [0.3, 0.4) is 0 Å². The van der Waals surface area contributed by atoms with Crippen molar-refractivity contribution >= 4 is 23.2 Å². The van der Waals surface area contributed by atoms with Crippen LogP contribution in [-0.2, 0) is 6.54 Å². The van der Waals surface area contributed by atoms with Gasteiger partial charge in [-0.05, 0) is 30.3 Å². The van der Waals surface area contributed by atoms with Crippen LogP contribution in [0.4, 0.5) is 0 Å². The van der Waals surface area contributed by atoms with Gasteiger partial charge in [0.15, 0.2) is 0 Å². The van der Waals surface area contributed by atoms with Crippen molar-refractivity contribution in [1.29, 1.82) is 0 Å². The first kappa shape index (κ1) is 10.2. The van der Waals surface area contributed by atoms with E-state index in [0.717, 1.165) is 17.7 Å². The molecule has 4 heteroatoms. The number of hydrogen-bond acceptors (Lipinski definition) is 2. The molecule has 0 saturated carbocycles. The fraction of sp³-hybridized carbons (Fsp3) is 0.400. The highest BCUT2D eigenvalue weighted by molar-refractivity contribution is 6.35. The molecule has 0 saturated heterocycles. The van der Waals surface area contributed by atoms with Gasteiger partial charge in [0.05, 0.1) is 6.10 Å². The molecular formula is C10H11Cl2NO. The number of rotatable bonds is 0. The van der Waals surface area contributed by atoms with Crippen LogP contribution in [0.15, 0.2) is 12.1 Å². The van der Waals surface area contributed by atoms with E-state index in [4.69, 9.17) is 23.2 Å². The predicted octanol–water partition coefficient (Wildman–Crippen LogP) is 2.47. The van der Waals surface area contributed by atoms with E-state index < -0.39 is 6.10 Å². The first-order valence-electron chi connectivity index (χ1n) is 4.42. The summed E-state index contributed by atoms with van der Waals surface area (Å²) in [5.74, 6) is 0. The molecule has 1 aromatic carbocycles. The van der Waals surface area contributed by atoms with Gasteiger partial charge >= 0.3 is 0 Å². The Morgan fingerprint density at radius 3 is 2.86 bits per heavy atom. The van der Waals surface area contributed by atoms with Crippen molar-refractivity contribution in [3.63, 3.8) is 0 Å². The number of nitrogens with zero attached hydrogens (tertiary/aromatic N) is 1. The van der Waals surface area contributed by atoms with E-state index in [1.54, 1.807) is 12.1 Å². The fourth-order valence-electron chi connectivity index (χ4n) is 1.82. The minimum absolute atomic E-state index is 0.486. The zero-order chi connectivity index (χ0) is 10.3. The highest BCUT2D eigenvalue weighted by Gasteiger charge is 2.23. The van der Waals surface area contributed by atoms with Crippen LogP contribution in [0.5, 0.6) is 0 Å². The average molecular weight is 232 g/mol. The molecule has 1 aliphatic heterocycles. The van der Waals surface area contributed by atoms with Crippen molar-refractivity contribution in [3.05, 3.63) is 33.3 Å². The molecule has 1 heterocycles. The van der Waals surface area contributed by atoms with E-state index in [1.807, 2.05) is 11.9 Å². The molecule has 0 spiro atoms. The zero-order valence-electron chi connectivity index (χ0n) is 7.80. The van der Waals surface area contributed by atoms with Crippen molar-refractivity contribution in [2.75, 3.05) is 13.6 Å². The summed E-state index contributed by atoms with van der Waals surface area (Å²) in [6.07, 6.45) is -0.486. The highest BCUT2D eigenvalue weighted by atomic mass is 35.5. The summed E-state index contributed by atoms with van der Waals surface area (Å²) < 4.78 is 0. The van der Waals surface area contributed by atoms with Gasteiger partial charge in [0.25, 0.3) is 0 Å². The Balaban J connectivity index is 2.53. The number of benzene rings is 1. The van der Waals surface area contributed by atoms with Gasteiger partial charge in [0.1, 0.15) is 0 Å². The molecule has 1 atom stereocenters. The van der Waals surface area contributed by atoms with E-state index in [2.05, 4.69) is 0 Å². The summed E-state index contributed by atoms with van der Waals surface area (Å²) in [5, 5.41) is 11.0. The number of aliphatic hydroxyl groups is 1. The third-order valence-corrected chi connectivity index (χ3v) is 3.02. The maximum Gasteiger partial charge on any atom is 0.0921 e. The number of β-amino-alcohol motifs (C(OH)–C–C–N with tert-alkyl or cyclic N) is 1. The molecule has 1 aliphatic rings. The van der Waals surface area contributed by atoms with Gasteiger partial charge in [0, 0.05) is 23.1 Å². The van der Waals surface area contributed by atoms with Gasteiger partial charge in [-0.25, -0.2) is 0 Å². The van der Waals surface area contributed by atoms with Crippen molar-refractivity contribution < 1.29 is 5.11 Å². The summed E-state index contributed by atoms with van der Waals surface area (Å²) in [6.45, 7) is 1.39. The monoisotopic (exact) mass is 231 g/mol. The summed E-state index contributed by atoms with van der Waals surface area (Å²) in [6, 6.07) is 3.51. The molecule has 14 heavy (non-hydrogen) atoms. The molecule has 0 aromatic heterocycles. The average Bonchev–Trinajstić information content (AvgIpc) is 2.07. The summed E-state index contributed by atoms with van der Waals surface area (Å²) >= 11 is 11.9. The lowest BCUT2D eigenvalue weighted by Crippen LogP contribution is -2.30. The Morgan fingerprint density at radius 1 is 1.43 bits per heavy atom. The maximum absolute atomic E-state index is 9.82. The smallest absolute Gasteiger partial charge is 0.0921 e. The standard InChI is InChI=1S/C10H11Cl2NO/c1-13-4-8-7(10(14)5-13)2-6(11)3-9(8)12/h2-3,10,14H,4-5H2,1H3. The SMILES string of the molecule is CN1Cc2c(Cl)cc(Cl)cc2C(O)C1. The molecular weight excluding hydrogens is 221 g/mol. The van der Waals surface area contributed by atoms with Gasteiger partial charge in [-0.2, -0.15) is 0 Å². The second kappa shape index (κ2) is 3.70. The predicted molar refractivity (Wildman–Crippen MR) is 57.8 cm³/mol. The quantitative estimate of drug-likeness (QED) is 0.742. The Bertz CT molecular complexity index is 367. The molecule has 2 nitrogen and oxygen atoms in total. The normalized spacial score (nSPS) is 22.1. The topological polar surface area (TPSA) is 23.5 Å². The molecule has 0 aliphatic carbocycles. The largest absolute Gasteiger partial charge is 0.387 e. The maximum atomic E-state index is 9.82. The summed E-state index contributed by atoms with van der Waals surface area (Å²) in [7, 11) is 1.96. The van der Waals surface area contributed by atoms with E-state index in [-0.39, 0.29) is 0 Å². The number of aliphatic hydroxyl groups excluding tert-OH is 1. The molecule has 2 rings (SSSR count). The van der Waals surface area contributed by atoms with Crippen molar-refractivity contribution in [3.8, 4) is 0 Å². The van der Waals surface area contributed by atoms with Crippen LogP contribution in [0.1, 0.15) is 17.2 Å². The van der Waals surface area contributed by atoms with E-state index >= 15 is 0 Å². The fourth-order valence-corrected chi connectivity index (χ4v) is 2.38. The Morgan fingerprint density at radius 2 is 2.14 bits per heavy atom. The van der Waals surface area contributed by atoms with E-state index in [9.17, 15) is 5.11 Å². The first-order chi connectivity index (χ1) is 6.58. The molecule has 0 fully saturated rings. The second-order valence-electron chi connectivity index (χ2n) is 3.67. The highest BCUT2D eigenvalue weighted by Crippen LogP contribution is 2.33. The van der Waals surface area contributed by atoms with Crippen LogP contribution in [-0.4, -0.2) is 23.6 Å². The molecule has 0 amide bonds. The third-order valence-electron chi connectivity index (χ3n) is 2.47. The lowest BCUT2D eigenvalue weighted by Gasteiger charge is -2.29. The van der Waals surface area contributed by atoms with Crippen LogP contribution in [0.25, 0.3) is 0 Å². The molecule has 0 radical (unpaired) electrons. The van der Waals surface area contributed by atoms with Crippen LogP contribution >= 0.6 is 23.2 Å². The first-order valence-corrected chi connectivity index (χ1v) is 5.18. The van der Waals surface area contributed by atoms with Crippen LogP contribution in [0.2, 0.25) is 10.0 Å². The number of halogens is 2. The van der Waals surface area contributed by atoms with Gasteiger partial charge in [-0.3, -0.25) is 4.90 Å². The van der Waals surface area contributed by atoms with Gasteiger partial charge in [-0.1, -0.05) is 23.2 Å². The lowest BCUT2D eigenvalue weighted by atomic mass is 9.98. The lowest BCUT2D eigenvalue weighted by molar-refractivity contribution is 0.108. The van der Waals surface area contributed by atoms with Gasteiger partial charge in [-0.15, -0.1) is 0 Å². The van der Waals surface area contributed by atoms with Crippen LogP contribution < -0.4 is 0 Å². The number of hydrogen-bond donors (Lipinski definition) is 1. The molecule has 1 N–H and O–H groups in total. The number of likely N-dealkylation sites (N-methyl/N-ethyl adjacent to an activating group) is 1. The van der Waals surface area contributed by atoms with Crippen molar-refractivity contribution in [2.45, 2.75) is 12.6 Å². The molecule has 1 unspecified atom stereocenters. The minimum atomic E-state index is -0.486. The Labute approximate surface area is 93.0 Å². The second-order valence-corrected chi connectivity index (χ2v) is 4.51. The van der Waals surface area contributed by atoms with Crippen LogP contribution in [0, 0.1) is 0 Å². The van der Waals surface area contributed by atoms with E-state index in [0.29, 0.717) is 16.6 Å².